The number of imidazole rings is 1. The van der Waals surface area contributed by atoms with E-state index in [1.807, 2.05) is 18.2 Å². The number of nitrogens with two attached hydrogens (primary N) is 2. The number of benzene rings is 1. The highest BCUT2D eigenvalue weighted by atomic mass is 15.0. The molecular weight excluding hydrogens is 238 g/mol. The maximum Gasteiger partial charge on any atom is 0.180 e. The van der Waals surface area contributed by atoms with Crippen molar-refractivity contribution in [2.45, 2.75) is 6.42 Å². The van der Waals surface area contributed by atoms with Crippen molar-refractivity contribution in [2.24, 2.45) is 5.73 Å². The summed E-state index contributed by atoms with van der Waals surface area (Å²) in [5.41, 5.74) is 15.0. The lowest BCUT2D eigenvalue weighted by Gasteiger charge is -2.00. The predicted molar refractivity (Wildman–Crippen MR) is 76.5 cm³/mol. The van der Waals surface area contributed by atoms with E-state index in [2.05, 4.69) is 27.1 Å². The Bertz CT molecular complexity index is 699. The minimum atomic E-state index is 0.476. The number of anilines is 1. The number of aromatic nitrogens is 3. The molecule has 0 atom stereocenters. The topological polar surface area (TPSA) is 93.6 Å². The van der Waals surface area contributed by atoms with Gasteiger partial charge in [-0.15, -0.1) is 0 Å². The first kappa shape index (κ1) is 11.7. The van der Waals surface area contributed by atoms with Crippen molar-refractivity contribution in [1.29, 1.82) is 0 Å². The van der Waals surface area contributed by atoms with Crippen LogP contribution in [0, 0.1) is 0 Å². The Kier molecular flexibility index (Phi) is 2.89. The molecule has 3 rings (SSSR count). The molecule has 2 heterocycles. The van der Waals surface area contributed by atoms with Crippen LogP contribution in [0.3, 0.4) is 0 Å². The fraction of sp³-hybridized carbons (Fsp3) is 0.143. The Morgan fingerprint density at radius 3 is 2.53 bits per heavy atom. The lowest BCUT2D eigenvalue weighted by atomic mass is 10.1. The maximum absolute atomic E-state index is 5.65. The van der Waals surface area contributed by atoms with Crippen LogP contribution < -0.4 is 11.5 Å². The molecular formula is C14H15N5. The predicted octanol–water partition coefficient (Wildman–Crippen LogP) is 1.71. The molecule has 0 spiro atoms. The van der Waals surface area contributed by atoms with Gasteiger partial charge in [-0.1, -0.05) is 24.3 Å². The smallest absolute Gasteiger partial charge is 0.180 e. The number of hydrogen-bond acceptors (Lipinski definition) is 4. The van der Waals surface area contributed by atoms with Gasteiger partial charge in [-0.05, 0) is 30.7 Å². The van der Waals surface area contributed by atoms with E-state index in [0.29, 0.717) is 18.0 Å². The van der Waals surface area contributed by atoms with E-state index in [0.717, 1.165) is 23.3 Å². The number of pyridine rings is 1. The highest BCUT2D eigenvalue weighted by molar-refractivity contribution is 5.77. The number of hydrogen-bond donors (Lipinski definition) is 3. The van der Waals surface area contributed by atoms with E-state index in [1.165, 1.54) is 5.56 Å². The molecule has 0 radical (unpaired) electrons. The van der Waals surface area contributed by atoms with Gasteiger partial charge in [0, 0.05) is 5.56 Å². The van der Waals surface area contributed by atoms with Crippen LogP contribution in [-0.4, -0.2) is 21.5 Å². The lowest BCUT2D eigenvalue weighted by Crippen LogP contribution is -2.02. The van der Waals surface area contributed by atoms with Crippen LogP contribution in [0.25, 0.3) is 22.6 Å². The molecule has 0 saturated carbocycles. The van der Waals surface area contributed by atoms with Gasteiger partial charge in [-0.3, -0.25) is 0 Å². The summed E-state index contributed by atoms with van der Waals surface area (Å²) >= 11 is 0. The van der Waals surface area contributed by atoms with Crippen molar-refractivity contribution < 1.29 is 0 Å². The fourth-order valence-electron chi connectivity index (χ4n) is 2.04. The first-order chi connectivity index (χ1) is 9.26. The summed E-state index contributed by atoms with van der Waals surface area (Å²) in [6.07, 6.45) is 0.887. The third kappa shape index (κ3) is 2.28. The molecule has 3 aromatic rings. The molecule has 2 aromatic heterocycles. The van der Waals surface area contributed by atoms with Crippen molar-refractivity contribution in [2.75, 3.05) is 12.3 Å². The van der Waals surface area contributed by atoms with E-state index in [-0.39, 0.29) is 0 Å². The van der Waals surface area contributed by atoms with Gasteiger partial charge in [-0.2, -0.15) is 0 Å². The molecule has 0 unspecified atom stereocenters. The minimum Gasteiger partial charge on any atom is -0.384 e. The van der Waals surface area contributed by atoms with Gasteiger partial charge in [-0.25, -0.2) is 9.97 Å². The van der Waals surface area contributed by atoms with Gasteiger partial charge in [0.05, 0.1) is 5.52 Å². The molecule has 5 heteroatoms. The second kappa shape index (κ2) is 4.70. The molecule has 0 aliphatic heterocycles. The number of rotatable bonds is 3. The highest BCUT2D eigenvalue weighted by Gasteiger charge is 2.06. The molecule has 1 aromatic carbocycles. The second-order valence-corrected chi connectivity index (χ2v) is 4.43. The lowest BCUT2D eigenvalue weighted by molar-refractivity contribution is 0.969. The zero-order valence-corrected chi connectivity index (χ0v) is 10.4. The summed E-state index contributed by atoms with van der Waals surface area (Å²) in [6, 6.07) is 11.8. The standard InChI is InChI=1S/C14H15N5/c15-8-7-9-1-3-10(4-2-9)13-17-11-5-6-12(16)18-14(11)19-13/h1-6H,7-8,15H2,(H3,16,17,18,19). The molecule has 0 aliphatic carbocycles. The maximum atomic E-state index is 5.65. The third-order valence-electron chi connectivity index (χ3n) is 3.03. The first-order valence-corrected chi connectivity index (χ1v) is 6.18. The van der Waals surface area contributed by atoms with Crippen molar-refractivity contribution in [1.82, 2.24) is 15.0 Å². The Morgan fingerprint density at radius 2 is 1.79 bits per heavy atom. The van der Waals surface area contributed by atoms with Crippen molar-refractivity contribution in [3.8, 4) is 11.4 Å². The Hall–Kier alpha value is -2.40. The Balaban J connectivity index is 1.99. The van der Waals surface area contributed by atoms with Crippen molar-refractivity contribution >= 4 is 17.0 Å². The number of nitrogens with one attached hydrogen (secondary N) is 1. The number of nitrogens with zero attached hydrogens (tertiary/aromatic N) is 2. The molecule has 5 N–H and O–H groups in total. The first-order valence-electron chi connectivity index (χ1n) is 6.18. The van der Waals surface area contributed by atoms with E-state index < -0.39 is 0 Å². The number of aromatic amines is 1. The van der Waals surface area contributed by atoms with Gasteiger partial charge in [0.1, 0.15) is 11.6 Å². The van der Waals surface area contributed by atoms with Crippen molar-refractivity contribution in [3.63, 3.8) is 0 Å². The van der Waals surface area contributed by atoms with E-state index in [4.69, 9.17) is 11.5 Å². The van der Waals surface area contributed by atoms with Gasteiger partial charge >= 0.3 is 0 Å². The molecule has 0 bridgehead atoms. The number of nitrogen functional groups attached to an aromatic ring is 1. The van der Waals surface area contributed by atoms with Crippen LogP contribution >= 0.6 is 0 Å². The quantitative estimate of drug-likeness (QED) is 0.662. The minimum absolute atomic E-state index is 0.476. The largest absolute Gasteiger partial charge is 0.384 e. The summed E-state index contributed by atoms with van der Waals surface area (Å²) in [5, 5.41) is 0. The van der Waals surface area contributed by atoms with E-state index in [9.17, 15) is 0 Å². The van der Waals surface area contributed by atoms with Crippen LogP contribution in [0.15, 0.2) is 36.4 Å². The zero-order valence-electron chi connectivity index (χ0n) is 10.4. The normalized spacial score (nSPS) is 11.0. The molecule has 0 fully saturated rings. The van der Waals surface area contributed by atoms with Crippen LogP contribution in [0.1, 0.15) is 5.56 Å². The summed E-state index contributed by atoms with van der Waals surface area (Å²) in [6.45, 7) is 0.660. The van der Waals surface area contributed by atoms with Crippen LogP contribution in [-0.2, 0) is 6.42 Å². The molecule has 0 amide bonds. The fourth-order valence-corrected chi connectivity index (χ4v) is 2.04. The van der Waals surface area contributed by atoms with Gasteiger partial charge in [0.2, 0.25) is 0 Å². The van der Waals surface area contributed by atoms with Gasteiger partial charge in [0.25, 0.3) is 0 Å². The molecule has 19 heavy (non-hydrogen) atoms. The van der Waals surface area contributed by atoms with Gasteiger partial charge in [0.15, 0.2) is 5.65 Å². The van der Waals surface area contributed by atoms with Crippen molar-refractivity contribution in [3.05, 3.63) is 42.0 Å². The average Bonchev–Trinajstić information content (AvgIpc) is 2.83. The Labute approximate surface area is 110 Å². The molecule has 96 valence electrons. The van der Waals surface area contributed by atoms with E-state index in [1.54, 1.807) is 6.07 Å². The molecule has 0 saturated heterocycles. The van der Waals surface area contributed by atoms with Gasteiger partial charge < -0.3 is 16.5 Å². The summed E-state index contributed by atoms with van der Waals surface area (Å²) in [4.78, 5) is 11.9. The summed E-state index contributed by atoms with van der Waals surface area (Å²) in [7, 11) is 0. The SMILES string of the molecule is NCCc1ccc(-c2nc3nc(N)ccc3[nH]2)cc1. The number of H-pyrrole nitrogens is 1. The Morgan fingerprint density at radius 1 is 1.00 bits per heavy atom. The zero-order chi connectivity index (χ0) is 13.2. The summed E-state index contributed by atoms with van der Waals surface area (Å²) < 4.78 is 0. The average molecular weight is 253 g/mol. The number of fused-ring (bicyclic) bond motifs is 1. The van der Waals surface area contributed by atoms with Crippen LogP contribution in [0.4, 0.5) is 5.82 Å². The van der Waals surface area contributed by atoms with Crippen LogP contribution in [0.5, 0.6) is 0 Å². The van der Waals surface area contributed by atoms with Crippen LogP contribution in [0.2, 0.25) is 0 Å². The second-order valence-electron chi connectivity index (χ2n) is 4.43. The summed E-state index contributed by atoms with van der Waals surface area (Å²) in [5.74, 6) is 1.27. The molecule has 0 aliphatic rings. The van der Waals surface area contributed by atoms with E-state index >= 15 is 0 Å². The highest BCUT2D eigenvalue weighted by Crippen LogP contribution is 2.20. The third-order valence-corrected chi connectivity index (χ3v) is 3.03. The monoisotopic (exact) mass is 253 g/mol. The molecule has 5 nitrogen and oxygen atoms in total.